The number of urea groups is 1. The van der Waals surface area contributed by atoms with Crippen LogP contribution in [-0.4, -0.2) is 38.4 Å². The normalized spacial score (nSPS) is 17.5. The van der Waals surface area contributed by atoms with Gasteiger partial charge in [-0.05, 0) is 51.0 Å². The molecular formula is C16H25N3O2. The van der Waals surface area contributed by atoms with Crippen LogP contribution in [0.5, 0.6) is 0 Å². The van der Waals surface area contributed by atoms with Crippen LogP contribution in [0.1, 0.15) is 26.7 Å². The summed E-state index contributed by atoms with van der Waals surface area (Å²) in [7, 11) is 0. The summed E-state index contributed by atoms with van der Waals surface area (Å²) < 4.78 is 5.47. The van der Waals surface area contributed by atoms with E-state index in [1.807, 2.05) is 24.3 Å². The Morgan fingerprint density at radius 2 is 2.00 bits per heavy atom. The van der Waals surface area contributed by atoms with E-state index in [0.29, 0.717) is 6.54 Å². The maximum Gasteiger partial charge on any atom is 0.319 e. The summed E-state index contributed by atoms with van der Waals surface area (Å²) in [5, 5.41) is 5.69. The molecule has 5 heteroatoms. The van der Waals surface area contributed by atoms with Crippen molar-refractivity contribution in [1.82, 2.24) is 5.32 Å². The number of ether oxygens (including phenoxy) is 1. The van der Waals surface area contributed by atoms with Crippen LogP contribution in [0.3, 0.4) is 0 Å². The molecule has 2 rings (SSSR count). The fraction of sp³-hybridized carbons (Fsp3) is 0.562. The van der Waals surface area contributed by atoms with E-state index in [2.05, 4.69) is 29.4 Å². The van der Waals surface area contributed by atoms with Crippen molar-refractivity contribution in [2.24, 2.45) is 0 Å². The third-order valence-corrected chi connectivity index (χ3v) is 3.77. The maximum absolute atomic E-state index is 11.8. The van der Waals surface area contributed by atoms with Crippen LogP contribution in [0.15, 0.2) is 24.3 Å². The quantitative estimate of drug-likeness (QED) is 0.847. The molecule has 1 unspecified atom stereocenters. The van der Waals surface area contributed by atoms with E-state index in [0.717, 1.165) is 38.2 Å². The van der Waals surface area contributed by atoms with Crippen molar-refractivity contribution in [3.05, 3.63) is 24.3 Å². The predicted molar refractivity (Wildman–Crippen MR) is 86.0 cm³/mol. The number of carbonyl (C=O) groups is 1. The first-order valence-electron chi connectivity index (χ1n) is 7.74. The first kappa shape index (κ1) is 15.6. The van der Waals surface area contributed by atoms with Crippen molar-refractivity contribution >= 4 is 17.4 Å². The largest absolute Gasteiger partial charge is 0.376 e. The average Bonchev–Trinajstić information content (AvgIpc) is 3.01. The lowest BCUT2D eigenvalue weighted by atomic mass is 10.2. The number of nitrogens with one attached hydrogen (secondary N) is 2. The van der Waals surface area contributed by atoms with Crippen LogP contribution in [0, 0.1) is 0 Å². The molecule has 1 aromatic rings. The van der Waals surface area contributed by atoms with Crippen molar-refractivity contribution in [1.29, 1.82) is 0 Å². The fourth-order valence-electron chi connectivity index (χ4n) is 2.53. The zero-order chi connectivity index (χ0) is 15.1. The Morgan fingerprint density at radius 1 is 1.29 bits per heavy atom. The maximum atomic E-state index is 11.8. The molecule has 0 saturated carbocycles. The molecule has 1 saturated heterocycles. The van der Waals surface area contributed by atoms with Crippen LogP contribution in [0.4, 0.5) is 16.2 Å². The smallest absolute Gasteiger partial charge is 0.319 e. The van der Waals surface area contributed by atoms with Gasteiger partial charge in [0.1, 0.15) is 0 Å². The molecule has 2 N–H and O–H groups in total. The summed E-state index contributed by atoms with van der Waals surface area (Å²) in [6.45, 7) is 7.60. The van der Waals surface area contributed by atoms with Crippen LogP contribution in [-0.2, 0) is 4.74 Å². The number of benzene rings is 1. The van der Waals surface area contributed by atoms with Crippen molar-refractivity contribution < 1.29 is 9.53 Å². The Bertz CT molecular complexity index is 437. The Hall–Kier alpha value is -1.75. The van der Waals surface area contributed by atoms with Gasteiger partial charge in [-0.15, -0.1) is 0 Å². The highest BCUT2D eigenvalue weighted by Crippen LogP contribution is 2.17. The molecule has 1 aromatic carbocycles. The van der Waals surface area contributed by atoms with Crippen LogP contribution in [0.25, 0.3) is 0 Å². The number of rotatable bonds is 6. The molecule has 5 nitrogen and oxygen atoms in total. The van der Waals surface area contributed by atoms with Crippen molar-refractivity contribution in [2.45, 2.75) is 32.8 Å². The monoisotopic (exact) mass is 291 g/mol. The second-order valence-corrected chi connectivity index (χ2v) is 5.19. The van der Waals surface area contributed by atoms with Crippen LogP contribution >= 0.6 is 0 Å². The van der Waals surface area contributed by atoms with Gasteiger partial charge in [-0.25, -0.2) is 4.79 Å². The Morgan fingerprint density at radius 3 is 2.57 bits per heavy atom. The number of carbonyl (C=O) groups excluding carboxylic acids is 1. The molecule has 0 spiro atoms. The van der Waals surface area contributed by atoms with E-state index >= 15 is 0 Å². The lowest BCUT2D eigenvalue weighted by Gasteiger charge is -2.21. The number of amides is 2. The SMILES string of the molecule is CCN(CC)c1ccc(NC(=O)NCC2CCCO2)cc1. The van der Waals surface area contributed by atoms with Crippen LogP contribution in [0.2, 0.25) is 0 Å². The lowest BCUT2D eigenvalue weighted by Crippen LogP contribution is -2.35. The third kappa shape index (κ3) is 4.63. The minimum absolute atomic E-state index is 0.167. The molecule has 0 radical (unpaired) electrons. The fourth-order valence-corrected chi connectivity index (χ4v) is 2.53. The topological polar surface area (TPSA) is 53.6 Å². The second-order valence-electron chi connectivity index (χ2n) is 5.19. The van der Waals surface area contributed by atoms with Crippen molar-refractivity contribution in [3.63, 3.8) is 0 Å². The molecule has 0 aromatic heterocycles. The molecular weight excluding hydrogens is 266 g/mol. The van der Waals surface area contributed by atoms with E-state index in [4.69, 9.17) is 4.74 Å². The van der Waals surface area contributed by atoms with Crippen molar-refractivity contribution in [2.75, 3.05) is 36.5 Å². The zero-order valence-corrected chi connectivity index (χ0v) is 12.9. The number of hydrogen-bond acceptors (Lipinski definition) is 3. The summed E-state index contributed by atoms with van der Waals surface area (Å²) in [4.78, 5) is 14.1. The molecule has 1 aliphatic rings. The molecule has 2 amide bonds. The number of anilines is 2. The summed E-state index contributed by atoms with van der Waals surface area (Å²) >= 11 is 0. The van der Waals surface area contributed by atoms with E-state index in [1.54, 1.807) is 0 Å². The van der Waals surface area contributed by atoms with Gasteiger partial charge in [0.2, 0.25) is 0 Å². The molecule has 1 heterocycles. The Balaban J connectivity index is 1.80. The van der Waals surface area contributed by atoms with Gasteiger partial charge in [0.25, 0.3) is 0 Å². The molecule has 0 aliphatic carbocycles. The summed E-state index contributed by atoms with van der Waals surface area (Å²) in [6, 6.07) is 7.74. The highest BCUT2D eigenvalue weighted by atomic mass is 16.5. The van der Waals surface area contributed by atoms with Gasteiger partial charge < -0.3 is 20.3 Å². The Kier molecular flexibility index (Phi) is 5.87. The van der Waals surface area contributed by atoms with E-state index in [1.165, 1.54) is 5.69 Å². The zero-order valence-electron chi connectivity index (χ0n) is 12.9. The van der Waals surface area contributed by atoms with Gasteiger partial charge >= 0.3 is 6.03 Å². The van der Waals surface area contributed by atoms with Crippen molar-refractivity contribution in [3.8, 4) is 0 Å². The van der Waals surface area contributed by atoms with Gasteiger partial charge in [-0.2, -0.15) is 0 Å². The number of nitrogens with zero attached hydrogens (tertiary/aromatic N) is 1. The van der Waals surface area contributed by atoms with Gasteiger partial charge in [0.15, 0.2) is 0 Å². The first-order valence-corrected chi connectivity index (χ1v) is 7.74. The number of hydrogen-bond donors (Lipinski definition) is 2. The standard InChI is InChI=1S/C16H25N3O2/c1-3-19(4-2)14-9-7-13(8-10-14)18-16(20)17-12-15-6-5-11-21-15/h7-10,15H,3-6,11-12H2,1-2H3,(H2,17,18,20). The summed E-state index contributed by atoms with van der Waals surface area (Å²) in [5.41, 5.74) is 1.97. The highest BCUT2D eigenvalue weighted by molar-refractivity contribution is 5.89. The minimum atomic E-state index is -0.180. The summed E-state index contributed by atoms with van der Waals surface area (Å²) in [6.07, 6.45) is 2.28. The Labute approximate surface area is 126 Å². The molecule has 116 valence electrons. The van der Waals surface area contributed by atoms with Gasteiger partial charge in [0.05, 0.1) is 6.10 Å². The first-order chi connectivity index (χ1) is 10.2. The van der Waals surface area contributed by atoms with E-state index < -0.39 is 0 Å². The molecule has 1 fully saturated rings. The highest BCUT2D eigenvalue weighted by Gasteiger charge is 2.16. The van der Waals surface area contributed by atoms with Gasteiger partial charge in [0, 0.05) is 37.6 Å². The van der Waals surface area contributed by atoms with Gasteiger partial charge in [-0.1, -0.05) is 0 Å². The molecule has 21 heavy (non-hydrogen) atoms. The van der Waals surface area contributed by atoms with E-state index in [-0.39, 0.29) is 12.1 Å². The second kappa shape index (κ2) is 7.88. The van der Waals surface area contributed by atoms with Gasteiger partial charge in [-0.3, -0.25) is 0 Å². The molecule has 1 atom stereocenters. The predicted octanol–water partition coefficient (Wildman–Crippen LogP) is 2.83. The van der Waals surface area contributed by atoms with E-state index in [9.17, 15) is 4.79 Å². The van der Waals surface area contributed by atoms with Crippen LogP contribution < -0.4 is 15.5 Å². The molecule has 1 aliphatic heterocycles. The molecule has 0 bridgehead atoms. The minimum Gasteiger partial charge on any atom is -0.376 e. The lowest BCUT2D eigenvalue weighted by molar-refractivity contribution is 0.112. The average molecular weight is 291 g/mol. The summed E-state index contributed by atoms with van der Waals surface area (Å²) in [5.74, 6) is 0. The third-order valence-electron chi connectivity index (χ3n) is 3.77.